The van der Waals surface area contributed by atoms with Crippen molar-refractivity contribution in [1.29, 1.82) is 0 Å². The molecule has 2 atom stereocenters. The van der Waals surface area contributed by atoms with Crippen LogP contribution in [-0.4, -0.2) is 39.2 Å². The second-order valence-corrected chi connectivity index (χ2v) is 5.41. The lowest BCUT2D eigenvalue weighted by atomic mass is 9.99. The number of halogens is 1. The summed E-state index contributed by atoms with van der Waals surface area (Å²) < 4.78 is 0. The Kier molecular flexibility index (Phi) is 6.22. The van der Waals surface area contributed by atoms with Crippen molar-refractivity contribution in [3.8, 4) is 0 Å². The molecule has 0 radical (unpaired) electrons. The van der Waals surface area contributed by atoms with Gasteiger partial charge < -0.3 is 10.4 Å². The van der Waals surface area contributed by atoms with E-state index in [1.54, 1.807) is 13.2 Å². The van der Waals surface area contributed by atoms with Crippen LogP contribution in [0.3, 0.4) is 0 Å². The number of carboxylic acid groups (broad SMARTS) is 1. The number of carbonyl (C=O) groups excluding carboxylic acids is 1. The van der Waals surface area contributed by atoms with Gasteiger partial charge in [0.05, 0.1) is 11.2 Å². The summed E-state index contributed by atoms with van der Waals surface area (Å²) in [4.78, 5) is 31.2. The molecule has 0 aliphatic carbocycles. The zero-order chi connectivity index (χ0) is 15.3. The molecule has 0 bridgehead atoms. The van der Waals surface area contributed by atoms with Gasteiger partial charge in [-0.25, -0.2) is 14.8 Å². The molecular weight excluding hydrogens is 302 g/mol. The van der Waals surface area contributed by atoms with Gasteiger partial charge in [0.15, 0.2) is 10.9 Å². The number of nitrogens with one attached hydrogen (secondary N) is 1. The number of hydrogen-bond acceptors (Lipinski definition) is 5. The van der Waals surface area contributed by atoms with Crippen molar-refractivity contribution in [2.75, 3.05) is 6.26 Å². The standard InChI is InChI=1S/C12H16ClN3O3S/c1-4-6(2)8(11(18)19)15-10(17)9-7(13)5-14-12(16-9)20-3/h5-6,8H,4H2,1-3H3,(H,15,17)(H,18,19)/t6?,8-/m0/s1. The second-order valence-electron chi connectivity index (χ2n) is 4.23. The van der Waals surface area contributed by atoms with Crippen LogP contribution in [0, 0.1) is 5.92 Å². The summed E-state index contributed by atoms with van der Waals surface area (Å²) in [5.41, 5.74) is -0.0134. The second kappa shape index (κ2) is 7.44. The van der Waals surface area contributed by atoms with Crippen LogP contribution in [0.4, 0.5) is 0 Å². The van der Waals surface area contributed by atoms with Crippen molar-refractivity contribution in [3.63, 3.8) is 0 Å². The fraction of sp³-hybridized carbons (Fsp3) is 0.500. The number of aliphatic carboxylic acids is 1. The van der Waals surface area contributed by atoms with E-state index in [0.29, 0.717) is 11.6 Å². The van der Waals surface area contributed by atoms with E-state index in [1.165, 1.54) is 18.0 Å². The van der Waals surface area contributed by atoms with E-state index < -0.39 is 17.9 Å². The Hall–Kier alpha value is -1.34. The molecule has 1 aromatic heterocycles. The molecule has 8 heteroatoms. The first kappa shape index (κ1) is 16.7. The van der Waals surface area contributed by atoms with E-state index in [9.17, 15) is 9.59 Å². The maximum absolute atomic E-state index is 12.1. The molecule has 0 spiro atoms. The van der Waals surface area contributed by atoms with Gasteiger partial charge in [0.1, 0.15) is 6.04 Å². The van der Waals surface area contributed by atoms with Crippen molar-refractivity contribution in [2.24, 2.45) is 5.92 Å². The van der Waals surface area contributed by atoms with E-state index >= 15 is 0 Å². The molecule has 0 saturated carbocycles. The maximum atomic E-state index is 12.1. The first-order valence-corrected chi connectivity index (χ1v) is 7.61. The molecule has 0 aliphatic heterocycles. The summed E-state index contributed by atoms with van der Waals surface area (Å²) in [6.07, 6.45) is 3.73. The van der Waals surface area contributed by atoms with E-state index in [-0.39, 0.29) is 16.6 Å². The molecule has 2 N–H and O–H groups in total. The lowest BCUT2D eigenvalue weighted by molar-refractivity contribution is -0.140. The minimum absolute atomic E-state index is 0.0134. The third-order valence-corrected chi connectivity index (χ3v) is 3.72. The first-order chi connectivity index (χ1) is 9.40. The normalized spacial score (nSPS) is 13.6. The molecule has 0 fully saturated rings. The Morgan fingerprint density at radius 2 is 2.20 bits per heavy atom. The minimum atomic E-state index is -1.08. The molecule has 1 rings (SSSR count). The third-order valence-electron chi connectivity index (χ3n) is 2.89. The molecule has 0 aromatic carbocycles. The van der Waals surface area contributed by atoms with Crippen molar-refractivity contribution < 1.29 is 14.7 Å². The van der Waals surface area contributed by atoms with Gasteiger partial charge in [0, 0.05) is 0 Å². The van der Waals surface area contributed by atoms with Crippen molar-refractivity contribution in [2.45, 2.75) is 31.5 Å². The van der Waals surface area contributed by atoms with Crippen molar-refractivity contribution >= 4 is 35.2 Å². The Bertz CT molecular complexity index is 513. The highest BCUT2D eigenvalue weighted by Crippen LogP contribution is 2.17. The van der Waals surface area contributed by atoms with Crippen LogP contribution in [0.2, 0.25) is 5.02 Å². The van der Waals surface area contributed by atoms with Gasteiger partial charge in [-0.05, 0) is 12.2 Å². The van der Waals surface area contributed by atoms with E-state index in [1.807, 2.05) is 6.92 Å². The number of aromatic nitrogens is 2. The average Bonchev–Trinajstić information content (AvgIpc) is 2.43. The lowest BCUT2D eigenvalue weighted by Gasteiger charge is -2.20. The Labute approximate surface area is 126 Å². The van der Waals surface area contributed by atoms with E-state index in [0.717, 1.165) is 0 Å². The van der Waals surface area contributed by atoms with Crippen LogP contribution in [0.15, 0.2) is 11.4 Å². The first-order valence-electron chi connectivity index (χ1n) is 6.00. The van der Waals surface area contributed by atoms with Crippen LogP contribution in [0.1, 0.15) is 30.8 Å². The Morgan fingerprint density at radius 3 is 2.70 bits per heavy atom. The van der Waals surface area contributed by atoms with E-state index in [4.69, 9.17) is 16.7 Å². The molecule has 20 heavy (non-hydrogen) atoms. The smallest absolute Gasteiger partial charge is 0.326 e. The van der Waals surface area contributed by atoms with Crippen molar-refractivity contribution in [3.05, 3.63) is 16.9 Å². The molecule has 0 saturated heterocycles. The molecule has 110 valence electrons. The number of carboxylic acids is 1. The summed E-state index contributed by atoms with van der Waals surface area (Å²) in [7, 11) is 0. The van der Waals surface area contributed by atoms with Crippen molar-refractivity contribution in [1.82, 2.24) is 15.3 Å². The lowest BCUT2D eigenvalue weighted by Crippen LogP contribution is -2.45. The fourth-order valence-corrected chi connectivity index (χ4v) is 2.02. The number of hydrogen-bond donors (Lipinski definition) is 2. The van der Waals surface area contributed by atoms with Gasteiger partial charge in [-0.3, -0.25) is 4.79 Å². The predicted octanol–water partition coefficient (Wildman–Crippen LogP) is 2.08. The van der Waals surface area contributed by atoms with Gasteiger partial charge >= 0.3 is 5.97 Å². The summed E-state index contributed by atoms with van der Waals surface area (Å²) in [6.45, 7) is 3.62. The molecule has 1 unspecified atom stereocenters. The maximum Gasteiger partial charge on any atom is 0.326 e. The van der Waals surface area contributed by atoms with E-state index in [2.05, 4.69) is 15.3 Å². The average molecular weight is 318 g/mol. The molecule has 6 nitrogen and oxygen atoms in total. The molecule has 1 amide bonds. The number of amides is 1. The number of nitrogens with zero attached hydrogens (tertiary/aromatic N) is 2. The quantitative estimate of drug-likeness (QED) is 0.616. The zero-order valence-electron chi connectivity index (χ0n) is 11.4. The van der Waals surface area contributed by atoms with Crippen LogP contribution in [0.25, 0.3) is 0 Å². The molecule has 0 aliphatic rings. The fourth-order valence-electron chi connectivity index (χ4n) is 1.50. The number of rotatable bonds is 6. The number of carbonyl (C=O) groups is 2. The Balaban J connectivity index is 2.97. The van der Waals surface area contributed by atoms with Crippen LogP contribution < -0.4 is 5.32 Å². The Morgan fingerprint density at radius 1 is 1.55 bits per heavy atom. The highest BCUT2D eigenvalue weighted by Gasteiger charge is 2.27. The van der Waals surface area contributed by atoms with Gasteiger partial charge in [0.25, 0.3) is 5.91 Å². The predicted molar refractivity (Wildman–Crippen MR) is 77.2 cm³/mol. The highest BCUT2D eigenvalue weighted by atomic mass is 35.5. The zero-order valence-corrected chi connectivity index (χ0v) is 13.0. The molecule has 1 heterocycles. The van der Waals surface area contributed by atoms with Crippen LogP contribution in [-0.2, 0) is 4.79 Å². The largest absolute Gasteiger partial charge is 0.480 e. The van der Waals surface area contributed by atoms with Gasteiger partial charge in [-0.2, -0.15) is 0 Å². The molecule has 1 aromatic rings. The topological polar surface area (TPSA) is 92.2 Å². The van der Waals surface area contributed by atoms with Crippen LogP contribution >= 0.6 is 23.4 Å². The van der Waals surface area contributed by atoms with Gasteiger partial charge in [-0.1, -0.05) is 43.6 Å². The summed E-state index contributed by atoms with van der Waals surface area (Å²) in [5, 5.41) is 12.1. The summed E-state index contributed by atoms with van der Waals surface area (Å²) in [5.74, 6) is -1.89. The van der Waals surface area contributed by atoms with Crippen LogP contribution in [0.5, 0.6) is 0 Å². The SMILES string of the molecule is CCC(C)[C@H](NC(=O)c1nc(SC)ncc1Cl)C(=O)O. The van der Waals surface area contributed by atoms with Gasteiger partial charge in [0.2, 0.25) is 0 Å². The number of thioether (sulfide) groups is 1. The summed E-state index contributed by atoms with van der Waals surface area (Å²) >= 11 is 7.15. The third kappa shape index (κ3) is 4.08. The summed E-state index contributed by atoms with van der Waals surface area (Å²) in [6, 6.07) is -0.976. The minimum Gasteiger partial charge on any atom is -0.480 e. The van der Waals surface area contributed by atoms with Gasteiger partial charge in [-0.15, -0.1) is 0 Å². The highest BCUT2D eigenvalue weighted by molar-refractivity contribution is 7.98. The monoisotopic (exact) mass is 317 g/mol. The molecular formula is C12H16ClN3O3S.